The molecular formula is C25H23ClF5N3O2. The van der Waals surface area contributed by atoms with Crippen molar-refractivity contribution in [2.24, 2.45) is 11.7 Å². The number of anilines is 1. The number of aliphatic hydroxyl groups is 1. The summed E-state index contributed by atoms with van der Waals surface area (Å²) in [4.78, 5) is 16.4. The number of carbonyl (C=O) groups is 1. The van der Waals surface area contributed by atoms with Crippen LogP contribution in [0.2, 0.25) is 0 Å². The monoisotopic (exact) mass is 527 g/mol. The van der Waals surface area contributed by atoms with Gasteiger partial charge < -0.3 is 10.4 Å². The number of nitrogens with one attached hydrogen (secondary N) is 1. The fourth-order valence-corrected chi connectivity index (χ4v) is 5.13. The fourth-order valence-electron chi connectivity index (χ4n) is 4.73. The first-order chi connectivity index (χ1) is 16.9. The van der Waals surface area contributed by atoms with E-state index < -0.39 is 41.9 Å². The van der Waals surface area contributed by atoms with E-state index in [9.17, 15) is 27.5 Å². The molecule has 2 aliphatic carbocycles. The number of allylic oxidation sites excluding steroid dienone is 2. The van der Waals surface area contributed by atoms with Crippen molar-refractivity contribution in [2.45, 2.75) is 50.2 Å². The lowest BCUT2D eigenvalue weighted by Gasteiger charge is -2.37. The van der Waals surface area contributed by atoms with Crippen LogP contribution in [0.1, 0.15) is 43.4 Å². The van der Waals surface area contributed by atoms with Crippen molar-refractivity contribution in [2.75, 3.05) is 5.32 Å². The van der Waals surface area contributed by atoms with E-state index >= 15 is 4.39 Å². The first-order valence-electron chi connectivity index (χ1n) is 11.3. The van der Waals surface area contributed by atoms with Crippen LogP contribution in [0.3, 0.4) is 0 Å². The molecule has 0 saturated heterocycles. The number of amides is 1. The van der Waals surface area contributed by atoms with Gasteiger partial charge in [0.15, 0.2) is 5.79 Å². The van der Waals surface area contributed by atoms with E-state index in [4.69, 9.17) is 17.3 Å². The zero-order chi connectivity index (χ0) is 26.3. The van der Waals surface area contributed by atoms with E-state index in [2.05, 4.69) is 10.3 Å². The Balaban J connectivity index is 1.78. The minimum absolute atomic E-state index is 0.0220. The standard InChI is InChI=1S/C25H23ClF5N3O2/c26-22-18(23(36)34-16-9-10-33-19(11-16)25(29,30)31)12-24(28,32)21(14-1-5-15(27)6-2-14)20(22)13-3-7-17(35)8-4-13/h1-2,5-6,9-11,13,17,35H,3-4,7-8,12,32H2,(H,33,34,36). The van der Waals surface area contributed by atoms with Gasteiger partial charge >= 0.3 is 6.18 Å². The molecule has 4 rings (SSSR count). The van der Waals surface area contributed by atoms with Gasteiger partial charge in [0.25, 0.3) is 5.91 Å². The molecular weight excluding hydrogens is 505 g/mol. The van der Waals surface area contributed by atoms with Crippen molar-refractivity contribution in [1.29, 1.82) is 0 Å². The number of pyridine rings is 1. The highest BCUT2D eigenvalue weighted by molar-refractivity contribution is 6.36. The number of carbonyl (C=O) groups excluding carboxylic acids is 1. The van der Waals surface area contributed by atoms with Crippen molar-refractivity contribution in [3.63, 3.8) is 0 Å². The molecule has 1 fully saturated rings. The first kappa shape index (κ1) is 26.2. The fraction of sp³-hybridized carbons (Fsp3) is 0.360. The van der Waals surface area contributed by atoms with E-state index in [0.717, 1.165) is 18.3 Å². The van der Waals surface area contributed by atoms with Crippen molar-refractivity contribution >= 4 is 28.8 Å². The number of aliphatic hydroxyl groups excluding tert-OH is 1. The Bertz CT molecular complexity index is 1220. The summed E-state index contributed by atoms with van der Waals surface area (Å²) in [6.07, 6.45) is -3.26. The lowest BCUT2D eigenvalue weighted by atomic mass is 9.73. The van der Waals surface area contributed by atoms with Gasteiger partial charge in [-0.3, -0.25) is 15.5 Å². The Morgan fingerprint density at radius 1 is 1.14 bits per heavy atom. The van der Waals surface area contributed by atoms with Crippen LogP contribution in [0.5, 0.6) is 0 Å². The molecule has 1 aromatic carbocycles. The number of hydrogen-bond acceptors (Lipinski definition) is 4. The third-order valence-electron chi connectivity index (χ3n) is 6.44. The van der Waals surface area contributed by atoms with Gasteiger partial charge in [-0.05, 0) is 67.0 Å². The molecule has 0 spiro atoms. The molecule has 1 amide bonds. The maximum atomic E-state index is 16.1. The largest absolute Gasteiger partial charge is 0.433 e. The van der Waals surface area contributed by atoms with E-state index in [-0.39, 0.29) is 33.4 Å². The maximum absolute atomic E-state index is 16.1. The molecule has 1 saturated carbocycles. The molecule has 1 aromatic heterocycles. The van der Waals surface area contributed by atoms with E-state index in [1.165, 1.54) is 18.2 Å². The Morgan fingerprint density at radius 2 is 1.78 bits per heavy atom. The minimum atomic E-state index is -4.72. The Labute approximate surface area is 208 Å². The average molecular weight is 528 g/mol. The predicted molar refractivity (Wildman–Crippen MR) is 125 cm³/mol. The zero-order valence-electron chi connectivity index (χ0n) is 18.9. The number of benzene rings is 1. The van der Waals surface area contributed by atoms with Gasteiger partial charge in [0.2, 0.25) is 0 Å². The van der Waals surface area contributed by atoms with E-state index in [0.29, 0.717) is 37.3 Å². The van der Waals surface area contributed by atoms with Crippen LogP contribution in [-0.2, 0) is 11.0 Å². The molecule has 0 radical (unpaired) electrons. The van der Waals surface area contributed by atoms with Crippen molar-refractivity contribution in [3.05, 3.63) is 75.8 Å². The summed E-state index contributed by atoms with van der Waals surface area (Å²) < 4.78 is 68.7. The summed E-state index contributed by atoms with van der Waals surface area (Å²) in [5.41, 5.74) is 5.05. The number of aromatic nitrogens is 1. The summed E-state index contributed by atoms with van der Waals surface area (Å²) in [5, 5.41) is 12.2. The van der Waals surface area contributed by atoms with Crippen LogP contribution in [0.4, 0.5) is 27.6 Å². The van der Waals surface area contributed by atoms with Crippen molar-refractivity contribution in [3.8, 4) is 0 Å². The van der Waals surface area contributed by atoms with Crippen molar-refractivity contribution in [1.82, 2.24) is 4.98 Å². The van der Waals surface area contributed by atoms with Crippen LogP contribution in [0, 0.1) is 11.7 Å². The topological polar surface area (TPSA) is 88.2 Å². The molecule has 11 heteroatoms. The van der Waals surface area contributed by atoms with Gasteiger partial charge in [-0.15, -0.1) is 0 Å². The van der Waals surface area contributed by atoms with Gasteiger partial charge in [-0.25, -0.2) is 8.78 Å². The summed E-state index contributed by atoms with van der Waals surface area (Å²) in [6.45, 7) is 0. The summed E-state index contributed by atoms with van der Waals surface area (Å²) in [7, 11) is 0. The average Bonchev–Trinajstić information content (AvgIpc) is 2.81. The molecule has 0 aliphatic heterocycles. The molecule has 0 bridgehead atoms. The summed E-state index contributed by atoms with van der Waals surface area (Å²) in [6, 6.07) is 6.87. The third kappa shape index (κ3) is 5.45. The Kier molecular flexibility index (Phi) is 7.23. The van der Waals surface area contributed by atoms with E-state index in [1.54, 1.807) is 0 Å². The number of hydrogen-bond donors (Lipinski definition) is 3. The predicted octanol–water partition coefficient (Wildman–Crippen LogP) is 5.70. The van der Waals surface area contributed by atoms with Crippen LogP contribution in [-0.4, -0.2) is 27.9 Å². The highest BCUT2D eigenvalue weighted by Gasteiger charge is 2.44. The second-order valence-corrected chi connectivity index (χ2v) is 9.39. The lowest BCUT2D eigenvalue weighted by molar-refractivity contribution is -0.141. The van der Waals surface area contributed by atoms with Crippen LogP contribution in [0.25, 0.3) is 5.57 Å². The first-order valence-corrected chi connectivity index (χ1v) is 11.6. The van der Waals surface area contributed by atoms with Crippen LogP contribution in [0.15, 0.2) is 58.8 Å². The van der Waals surface area contributed by atoms with Crippen LogP contribution >= 0.6 is 11.6 Å². The summed E-state index contributed by atoms with van der Waals surface area (Å²) >= 11 is 6.70. The highest BCUT2D eigenvalue weighted by Crippen LogP contribution is 2.49. The zero-order valence-corrected chi connectivity index (χ0v) is 19.6. The molecule has 4 N–H and O–H groups in total. The Hall–Kier alpha value is -2.82. The number of alkyl halides is 4. The maximum Gasteiger partial charge on any atom is 0.433 e. The quantitative estimate of drug-likeness (QED) is 0.351. The molecule has 1 unspecified atom stereocenters. The number of nitrogens with two attached hydrogens (primary N) is 1. The third-order valence-corrected chi connectivity index (χ3v) is 6.87. The second kappa shape index (κ2) is 9.91. The van der Waals surface area contributed by atoms with Crippen LogP contribution < -0.4 is 11.1 Å². The van der Waals surface area contributed by atoms with Gasteiger partial charge in [-0.1, -0.05) is 23.7 Å². The number of halogens is 6. The Morgan fingerprint density at radius 3 is 2.39 bits per heavy atom. The van der Waals surface area contributed by atoms with Gasteiger partial charge in [-0.2, -0.15) is 13.2 Å². The molecule has 2 aliphatic rings. The van der Waals surface area contributed by atoms with E-state index in [1.807, 2.05) is 0 Å². The van der Waals surface area contributed by atoms with Gasteiger partial charge in [0, 0.05) is 29.5 Å². The van der Waals surface area contributed by atoms with Crippen molar-refractivity contribution < 1.29 is 31.9 Å². The number of nitrogens with zero attached hydrogens (tertiary/aromatic N) is 1. The molecule has 2 aromatic rings. The van der Waals surface area contributed by atoms with Gasteiger partial charge in [0.05, 0.1) is 11.1 Å². The minimum Gasteiger partial charge on any atom is -0.393 e. The normalized spacial score (nSPS) is 25.2. The molecule has 192 valence electrons. The molecule has 5 nitrogen and oxygen atoms in total. The highest BCUT2D eigenvalue weighted by atomic mass is 35.5. The summed E-state index contributed by atoms with van der Waals surface area (Å²) in [5.74, 6) is -4.36. The molecule has 1 heterocycles. The molecule has 36 heavy (non-hydrogen) atoms. The second-order valence-electron chi connectivity index (χ2n) is 9.01. The SMILES string of the molecule is NC1(F)CC(C(=O)Nc2ccnc(C(F)(F)F)c2)=C(Cl)C(C2CCC(O)CC2)=C1c1ccc(F)cc1. The lowest BCUT2D eigenvalue weighted by Crippen LogP contribution is -2.42. The molecule has 1 atom stereocenters. The smallest absolute Gasteiger partial charge is 0.393 e. The van der Waals surface area contributed by atoms with Gasteiger partial charge in [0.1, 0.15) is 11.5 Å². The number of rotatable bonds is 4.